The molecule has 2 aromatic carbocycles. The second kappa shape index (κ2) is 12.7. The third-order valence-corrected chi connectivity index (χ3v) is 5.02. The maximum absolute atomic E-state index is 9.40. The average Bonchev–Trinajstić information content (AvgIpc) is 2.70. The molecule has 2 N–H and O–H groups in total. The zero-order chi connectivity index (χ0) is 20.2. The molecule has 0 fully saturated rings. The fourth-order valence-electron chi connectivity index (χ4n) is 3.78. The number of nitrogens with zero attached hydrogens (tertiary/aromatic N) is 2. The monoisotopic (exact) mass is 384 g/mol. The zero-order valence-electron chi connectivity index (χ0n) is 17.5. The van der Waals surface area contributed by atoms with Gasteiger partial charge in [-0.05, 0) is 48.2 Å². The molecule has 154 valence electrons. The first kappa shape index (κ1) is 22.6. The lowest BCUT2D eigenvalue weighted by Crippen LogP contribution is -2.28. The number of rotatable bonds is 13. The van der Waals surface area contributed by atoms with E-state index >= 15 is 0 Å². The van der Waals surface area contributed by atoms with E-state index in [9.17, 15) is 10.2 Å². The predicted octanol–water partition coefficient (Wildman–Crippen LogP) is 3.76. The smallest absolute Gasteiger partial charge is 0.0558 e. The maximum atomic E-state index is 9.40. The summed E-state index contributed by atoms with van der Waals surface area (Å²) in [5.74, 6) is 0. The molecular weight excluding hydrogens is 348 g/mol. The summed E-state index contributed by atoms with van der Waals surface area (Å²) in [4.78, 5) is 4.63. The van der Waals surface area contributed by atoms with Crippen molar-refractivity contribution < 1.29 is 10.2 Å². The molecule has 0 aliphatic carbocycles. The Morgan fingerprint density at radius 3 is 1.36 bits per heavy atom. The molecule has 2 aromatic rings. The van der Waals surface area contributed by atoms with Crippen LogP contribution in [0.1, 0.15) is 37.8 Å². The molecule has 0 unspecified atom stereocenters. The molecule has 0 saturated heterocycles. The van der Waals surface area contributed by atoms with Gasteiger partial charge in [0.2, 0.25) is 0 Å². The van der Waals surface area contributed by atoms with Crippen molar-refractivity contribution in [2.24, 2.45) is 0 Å². The standard InChI is InChI=1S/C24H36N2O2/c1-3-13-25(15-17-27)19-21-9-5-7-11-23(21)24-12-8-6-10-22(24)20-26(14-4-2)16-18-28/h5-12,27-28H,3-4,13-20H2,1-2H3. The van der Waals surface area contributed by atoms with Gasteiger partial charge in [0, 0.05) is 26.2 Å². The molecule has 0 aliphatic heterocycles. The Morgan fingerprint density at radius 2 is 1.00 bits per heavy atom. The highest BCUT2D eigenvalue weighted by Gasteiger charge is 2.14. The van der Waals surface area contributed by atoms with E-state index in [1.165, 1.54) is 22.3 Å². The van der Waals surface area contributed by atoms with Crippen LogP contribution in [0.4, 0.5) is 0 Å². The second-order valence-corrected chi connectivity index (χ2v) is 7.31. The molecule has 0 amide bonds. The maximum Gasteiger partial charge on any atom is 0.0558 e. The van der Waals surface area contributed by atoms with E-state index in [0.717, 1.165) is 39.0 Å². The van der Waals surface area contributed by atoms with Gasteiger partial charge in [-0.15, -0.1) is 0 Å². The van der Waals surface area contributed by atoms with Gasteiger partial charge in [-0.1, -0.05) is 62.4 Å². The van der Waals surface area contributed by atoms with E-state index in [0.29, 0.717) is 13.1 Å². The molecule has 28 heavy (non-hydrogen) atoms. The minimum atomic E-state index is 0.186. The zero-order valence-corrected chi connectivity index (χ0v) is 17.5. The second-order valence-electron chi connectivity index (χ2n) is 7.31. The Balaban J connectivity index is 2.32. The van der Waals surface area contributed by atoms with Crippen molar-refractivity contribution in [2.45, 2.75) is 39.8 Å². The lowest BCUT2D eigenvalue weighted by Gasteiger charge is -2.25. The topological polar surface area (TPSA) is 46.9 Å². The van der Waals surface area contributed by atoms with Crippen molar-refractivity contribution in [1.29, 1.82) is 0 Å². The lowest BCUT2D eigenvalue weighted by atomic mass is 9.94. The normalized spacial score (nSPS) is 11.5. The van der Waals surface area contributed by atoms with E-state index < -0.39 is 0 Å². The van der Waals surface area contributed by atoms with Crippen molar-refractivity contribution in [3.05, 3.63) is 59.7 Å². The van der Waals surface area contributed by atoms with Crippen molar-refractivity contribution in [3.8, 4) is 11.1 Å². The molecule has 0 heterocycles. The van der Waals surface area contributed by atoms with Crippen LogP contribution < -0.4 is 0 Å². The first-order valence-corrected chi connectivity index (χ1v) is 10.6. The van der Waals surface area contributed by atoms with Gasteiger partial charge in [0.1, 0.15) is 0 Å². The summed E-state index contributed by atoms with van der Waals surface area (Å²) in [6.45, 7) is 9.77. The molecule has 2 rings (SSSR count). The fraction of sp³-hybridized carbons (Fsp3) is 0.500. The van der Waals surface area contributed by atoms with Gasteiger partial charge in [-0.3, -0.25) is 9.80 Å². The van der Waals surface area contributed by atoms with Crippen molar-refractivity contribution in [3.63, 3.8) is 0 Å². The van der Waals surface area contributed by atoms with Gasteiger partial charge in [-0.25, -0.2) is 0 Å². The Hall–Kier alpha value is -1.72. The Kier molecular flexibility index (Phi) is 10.2. The quantitative estimate of drug-likeness (QED) is 0.552. The molecule has 0 aliphatic rings. The first-order chi connectivity index (χ1) is 13.7. The average molecular weight is 385 g/mol. The summed E-state index contributed by atoms with van der Waals surface area (Å²) in [5, 5.41) is 18.8. The van der Waals surface area contributed by atoms with Crippen molar-refractivity contribution in [2.75, 3.05) is 39.4 Å². The van der Waals surface area contributed by atoms with Gasteiger partial charge in [0.25, 0.3) is 0 Å². The molecule has 0 bridgehead atoms. The number of hydrogen-bond donors (Lipinski definition) is 2. The minimum absolute atomic E-state index is 0.186. The van der Waals surface area contributed by atoms with Crippen molar-refractivity contribution in [1.82, 2.24) is 9.80 Å². The highest BCUT2D eigenvalue weighted by atomic mass is 16.3. The van der Waals surface area contributed by atoms with Gasteiger partial charge in [0.05, 0.1) is 13.2 Å². The van der Waals surface area contributed by atoms with E-state index in [2.05, 4.69) is 72.2 Å². The first-order valence-electron chi connectivity index (χ1n) is 10.6. The molecule has 4 heteroatoms. The molecule has 0 radical (unpaired) electrons. The third kappa shape index (κ3) is 6.71. The lowest BCUT2D eigenvalue weighted by molar-refractivity contribution is 0.190. The van der Waals surface area contributed by atoms with E-state index in [1.807, 2.05) is 0 Å². The van der Waals surface area contributed by atoms with Crippen LogP contribution in [0.5, 0.6) is 0 Å². The fourth-order valence-corrected chi connectivity index (χ4v) is 3.78. The number of hydrogen-bond acceptors (Lipinski definition) is 4. The molecule has 0 aromatic heterocycles. The SMILES string of the molecule is CCCN(CCO)Cc1ccccc1-c1ccccc1CN(CCC)CCO. The predicted molar refractivity (Wildman–Crippen MR) is 117 cm³/mol. The van der Waals surface area contributed by atoms with E-state index in [1.54, 1.807) is 0 Å². The van der Waals surface area contributed by atoms with Crippen LogP contribution in [0.15, 0.2) is 48.5 Å². The highest BCUT2D eigenvalue weighted by molar-refractivity contribution is 5.70. The third-order valence-electron chi connectivity index (χ3n) is 5.02. The Labute approximate surface area is 170 Å². The van der Waals surface area contributed by atoms with Crippen LogP contribution in [0.25, 0.3) is 11.1 Å². The Bertz CT molecular complexity index is 618. The van der Waals surface area contributed by atoms with Crippen LogP contribution in [-0.2, 0) is 13.1 Å². The molecule has 0 spiro atoms. The summed E-state index contributed by atoms with van der Waals surface area (Å²) in [7, 11) is 0. The summed E-state index contributed by atoms with van der Waals surface area (Å²) in [5.41, 5.74) is 5.11. The summed E-state index contributed by atoms with van der Waals surface area (Å²) >= 11 is 0. The number of aliphatic hydroxyl groups is 2. The van der Waals surface area contributed by atoms with Gasteiger partial charge >= 0.3 is 0 Å². The summed E-state index contributed by atoms with van der Waals surface area (Å²) < 4.78 is 0. The molecule has 4 nitrogen and oxygen atoms in total. The number of benzene rings is 2. The van der Waals surface area contributed by atoms with Gasteiger partial charge in [-0.2, -0.15) is 0 Å². The highest BCUT2D eigenvalue weighted by Crippen LogP contribution is 2.29. The van der Waals surface area contributed by atoms with Gasteiger partial charge < -0.3 is 10.2 Å². The molecule has 0 saturated carbocycles. The van der Waals surface area contributed by atoms with Crippen LogP contribution in [0, 0.1) is 0 Å². The Morgan fingerprint density at radius 1 is 0.607 bits per heavy atom. The number of aliphatic hydroxyl groups excluding tert-OH is 2. The van der Waals surface area contributed by atoms with E-state index in [-0.39, 0.29) is 13.2 Å². The summed E-state index contributed by atoms with van der Waals surface area (Å²) in [6, 6.07) is 17.2. The molecular formula is C24H36N2O2. The van der Waals surface area contributed by atoms with Crippen LogP contribution in [0.2, 0.25) is 0 Å². The summed E-state index contributed by atoms with van der Waals surface area (Å²) in [6.07, 6.45) is 2.15. The van der Waals surface area contributed by atoms with E-state index in [4.69, 9.17) is 0 Å². The van der Waals surface area contributed by atoms with Crippen LogP contribution in [0.3, 0.4) is 0 Å². The van der Waals surface area contributed by atoms with Crippen molar-refractivity contribution >= 4 is 0 Å². The van der Waals surface area contributed by atoms with Gasteiger partial charge in [0.15, 0.2) is 0 Å². The van der Waals surface area contributed by atoms with Crippen LogP contribution in [-0.4, -0.2) is 59.4 Å². The minimum Gasteiger partial charge on any atom is -0.395 e. The van der Waals surface area contributed by atoms with Crippen LogP contribution >= 0.6 is 0 Å². The molecule has 0 atom stereocenters. The largest absolute Gasteiger partial charge is 0.395 e.